The molecule has 2 fully saturated rings. The zero-order valence-corrected chi connectivity index (χ0v) is 42.0. The van der Waals surface area contributed by atoms with Crippen LogP contribution in [0, 0.1) is 12.3 Å². The predicted molar refractivity (Wildman–Crippen MR) is 274 cm³/mol. The number of carbonyl (C=O) groups is 4. The molecule has 4 heterocycles. The van der Waals surface area contributed by atoms with E-state index < -0.39 is 35.4 Å². The summed E-state index contributed by atoms with van der Waals surface area (Å²) in [5.74, 6) is -0.917. The molecule has 0 aliphatic carbocycles. The molecule has 2 aliphatic heterocycles. The van der Waals surface area contributed by atoms with Crippen LogP contribution in [0.15, 0.2) is 103 Å². The molecule has 3 aromatic carbocycles. The fraction of sp³-hybridized carbons (Fsp3) is 0.434. The minimum Gasteiger partial charge on any atom is -0.491 e. The van der Waals surface area contributed by atoms with Crippen LogP contribution in [0.5, 0.6) is 5.75 Å². The van der Waals surface area contributed by atoms with Crippen molar-refractivity contribution in [2.24, 2.45) is 5.41 Å². The maximum absolute atomic E-state index is 14.0. The smallest absolute Gasteiger partial charge is 0.255 e. The van der Waals surface area contributed by atoms with Crippen LogP contribution < -0.4 is 30.5 Å². The number of piperazine rings is 1. The molecular formula is C53H66N8O9S. The summed E-state index contributed by atoms with van der Waals surface area (Å²) in [5.41, 5.74) is 7.49. The van der Waals surface area contributed by atoms with Gasteiger partial charge in [0.1, 0.15) is 31.0 Å². The number of benzene rings is 3. The minimum absolute atomic E-state index is 0.0256. The van der Waals surface area contributed by atoms with Gasteiger partial charge < -0.3 is 54.7 Å². The second-order valence-electron chi connectivity index (χ2n) is 18.7. The molecule has 18 heteroatoms. The molecule has 7 rings (SSSR count). The van der Waals surface area contributed by atoms with E-state index in [2.05, 4.69) is 41.8 Å². The molecule has 71 heavy (non-hydrogen) atoms. The lowest BCUT2D eigenvalue weighted by Gasteiger charge is -2.37. The number of aliphatic hydroxyl groups is 1. The number of likely N-dealkylation sites (tertiary alicyclic amines) is 1. The molecule has 2 aliphatic rings. The number of thiazole rings is 1. The average molecular weight is 991 g/mol. The van der Waals surface area contributed by atoms with E-state index in [1.165, 1.54) is 4.90 Å². The molecule has 4 N–H and O–H groups in total. The molecule has 4 amide bonds. The van der Waals surface area contributed by atoms with Crippen LogP contribution in [-0.2, 0) is 28.6 Å². The molecular weight excluding hydrogens is 925 g/mol. The van der Waals surface area contributed by atoms with Crippen molar-refractivity contribution < 1.29 is 43.2 Å². The van der Waals surface area contributed by atoms with Crippen molar-refractivity contribution in [1.82, 2.24) is 25.5 Å². The highest BCUT2D eigenvalue weighted by Crippen LogP contribution is 2.30. The van der Waals surface area contributed by atoms with Crippen LogP contribution in [0.4, 0.5) is 17.1 Å². The number of aromatic nitrogens is 2. The SMILES string of the molecule is Cc1ncsc1-c1ccc([C@H](C)NC(=O)[C@@H]2C[C@@H](O)CN2C(=O)[C@@H](NC(=O)COCCOCCOCCOc2ccc(C(=O)Nc3ccc(N4CCN(c5cccnc5)CC4)cc3)cc2)C(C)(C)C)cc1. The Balaban J connectivity index is 0.735. The number of β-amino-alcohol motifs (C(OH)–C–C–N with tert-alkyl or cyclic N) is 1. The monoisotopic (exact) mass is 990 g/mol. The summed E-state index contributed by atoms with van der Waals surface area (Å²) in [7, 11) is 0. The fourth-order valence-corrected chi connectivity index (χ4v) is 9.28. The molecule has 0 spiro atoms. The van der Waals surface area contributed by atoms with Crippen LogP contribution in [0.2, 0.25) is 0 Å². The van der Waals surface area contributed by atoms with E-state index in [9.17, 15) is 24.3 Å². The average Bonchev–Trinajstić information content (AvgIpc) is 4.00. The van der Waals surface area contributed by atoms with Crippen LogP contribution >= 0.6 is 11.3 Å². The van der Waals surface area contributed by atoms with Gasteiger partial charge in [0.2, 0.25) is 17.7 Å². The van der Waals surface area contributed by atoms with E-state index in [-0.39, 0.29) is 50.6 Å². The van der Waals surface area contributed by atoms with Crippen LogP contribution in [-0.4, -0.2) is 141 Å². The van der Waals surface area contributed by atoms with Crippen molar-refractivity contribution in [1.29, 1.82) is 0 Å². The third kappa shape index (κ3) is 14.8. The first-order chi connectivity index (χ1) is 34.2. The first-order valence-corrected chi connectivity index (χ1v) is 25.0. The Hall–Kier alpha value is -6.44. The molecule has 0 bridgehead atoms. The number of carbonyl (C=O) groups excluding carboxylic acids is 4. The molecule has 0 unspecified atom stereocenters. The third-order valence-corrected chi connectivity index (χ3v) is 13.4. The Kier molecular flexibility index (Phi) is 18.5. The van der Waals surface area contributed by atoms with E-state index in [1.807, 2.05) is 101 Å². The Morgan fingerprint density at radius 1 is 0.803 bits per heavy atom. The zero-order chi connectivity index (χ0) is 50.3. The highest BCUT2D eigenvalue weighted by molar-refractivity contribution is 7.13. The summed E-state index contributed by atoms with van der Waals surface area (Å²) in [6, 6.07) is 24.6. The Bertz CT molecular complexity index is 2500. The molecule has 5 aromatic rings. The van der Waals surface area contributed by atoms with Gasteiger partial charge in [0.15, 0.2) is 0 Å². The van der Waals surface area contributed by atoms with Gasteiger partial charge in [0, 0.05) is 62.3 Å². The highest BCUT2D eigenvalue weighted by Gasteiger charge is 2.44. The van der Waals surface area contributed by atoms with E-state index in [0.717, 1.165) is 64.9 Å². The lowest BCUT2D eigenvalue weighted by atomic mass is 9.85. The van der Waals surface area contributed by atoms with Crippen molar-refractivity contribution in [2.75, 3.05) is 94.1 Å². The van der Waals surface area contributed by atoms with Crippen molar-refractivity contribution in [2.45, 2.75) is 65.3 Å². The van der Waals surface area contributed by atoms with Gasteiger partial charge >= 0.3 is 0 Å². The molecule has 17 nitrogen and oxygen atoms in total. The summed E-state index contributed by atoms with van der Waals surface area (Å²) in [4.78, 5) is 69.3. The first-order valence-electron chi connectivity index (χ1n) is 24.1. The summed E-state index contributed by atoms with van der Waals surface area (Å²) < 4.78 is 22.5. The quantitative estimate of drug-likeness (QED) is 0.0600. The van der Waals surface area contributed by atoms with Gasteiger partial charge in [-0.15, -0.1) is 11.3 Å². The third-order valence-electron chi connectivity index (χ3n) is 12.4. The van der Waals surface area contributed by atoms with Gasteiger partial charge in [-0.3, -0.25) is 24.2 Å². The number of rotatable bonds is 22. The van der Waals surface area contributed by atoms with Gasteiger partial charge in [-0.05, 0) is 91.1 Å². The molecule has 2 aromatic heterocycles. The number of amides is 4. The molecule has 378 valence electrons. The second-order valence-corrected chi connectivity index (χ2v) is 19.6. The lowest BCUT2D eigenvalue weighted by Crippen LogP contribution is -2.58. The second kappa shape index (κ2) is 25.1. The number of hydrogen-bond acceptors (Lipinski definition) is 14. The summed E-state index contributed by atoms with van der Waals surface area (Å²) in [6.45, 7) is 14.3. The van der Waals surface area contributed by atoms with Gasteiger partial charge in [-0.25, -0.2) is 4.98 Å². The molecule has 0 radical (unpaired) electrons. The van der Waals surface area contributed by atoms with Crippen LogP contribution in [0.1, 0.15) is 61.8 Å². The zero-order valence-electron chi connectivity index (χ0n) is 41.2. The standard InChI is InChI=1S/C53H66N8O9S/c1-36(38-8-10-39(11-9-38)48-37(2)55-35-71-48)56-51(65)46-31-44(62)33-61(46)52(66)49(53(3,4)5)58-47(63)34-69-28-27-67-25-26-68-29-30-70-45-18-12-40(13-19-45)50(64)57-41-14-16-42(17-15-41)59-21-23-60(24-22-59)43-7-6-20-54-32-43/h6-20,32,35-36,44,46,49,62H,21-31,33-34H2,1-5H3,(H,56,65)(H,57,64)(H,58,63)/t36-,44+,46-,49+/m0/s1. The number of nitrogens with one attached hydrogen (secondary N) is 3. The molecule has 2 saturated heterocycles. The Morgan fingerprint density at radius 2 is 1.45 bits per heavy atom. The molecule has 4 atom stereocenters. The maximum atomic E-state index is 14.0. The van der Waals surface area contributed by atoms with Gasteiger partial charge in [0.25, 0.3) is 5.91 Å². The van der Waals surface area contributed by atoms with E-state index >= 15 is 0 Å². The van der Waals surface area contributed by atoms with Crippen molar-refractivity contribution in [3.63, 3.8) is 0 Å². The largest absolute Gasteiger partial charge is 0.491 e. The summed E-state index contributed by atoms with van der Waals surface area (Å²) in [5, 5.41) is 19.4. The number of hydrogen-bond donors (Lipinski definition) is 4. The predicted octanol–water partition coefficient (Wildman–Crippen LogP) is 5.89. The van der Waals surface area contributed by atoms with E-state index in [4.69, 9.17) is 18.9 Å². The topological polar surface area (TPSA) is 197 Å². The van der Waals surface area contributed by atoms with Crippen LogP contribution in [0.3, 0.4) is 0 Å². The minimum atomic E-state index is -0.977. The van der Waals surface area contributed by atoms with Crippen LogP contribution in [0.25, 0.3) is 10.4 Å². The maximum Gasteiger partial charge on any atom is 0.255 e. The van der Waals surface area contributed by atoms with E-state index in [0.29, 0.717) is 37.7 Å². The van der Waals surface area contributed by atoms with Crippen molar-refractivity contribution in [3.8, 4) is 16.2 Å². The Morgan fingerprint density at radius 3 is 2.07 bits per heavy atom. The summed E-state index contributed by atoms with van der Waals surface area (Å²) >= 11 is 1.57. The van der Waals surface area contributed by atoms with Gasteiger partial charge in [-0.2, -0.15) is 0 Å². The first kappa shape index (κ1) is 52.4. The molecule has 0 saturated carbocycles. The summed E-state index contributed by atoms with van der Waals surface area (Å²) in [6.07, 6.45) is 2.89. The lowest BCUT2D eigenvalue weighted by molar-refractivity contribution is -0.144. The van der Waals surface area contributed by atoms with Crippen molar-refractivity contribution in [3.05, 3.63) is 120 Å². The van der Waals surface area contributed by atoms with Gasteiger partial charge in [-0.1, -0.05) is 45.0 Å². The fourth-order valence-electron chi connectivity index (χ4n) is 8.47. The number of anilines is 3. The number of pyridine rings is 1. The number of nitrogens with zero attached hydrogens (tertiary/aromatic N) is 5. The normalized spacial score (nSPS) is 16.8. The van der Waals surface area contributed by atoms with Gasteiger partial charge in [0.05, 0.1) is 73.1 Å². The highest BCUT2D eigenvalue weighted by atomic mass is 32.1. The van der Waals surface area contributed by atoms with E-state index in [1.54, 1.807) is 41.8 Å². The number of aliphatic hydroxyl groups excluding tert-OH is 1. The number of aryl methyl sites for hydroxylation is 1. The number of ether oxygens (including phenoxy) is 4. The van der Waals surface area contributed by atoms with Crippen molar-refractivity contribution >= 4 is 52.0 Å². The Labute approximate surface area is 419 Å².